The van der Waals surface area contributed by atoms with Gasteiger partial charge in [0.1, 0.15) is 0 Å². The number of carboxylic acids is 1. The Kier molecular flexibility index (Phi) is 3.72. The zero-order valence-electron chi connectivity index (χ0n) is 8.32. The number of hydrogen-bond acceptors (Lipinski definition) is 2. The van der Waals surface area contributed by atoms with Crippen molar-refractivity contribution in [3.8, 4) is 0 Å². The van der Waals surface area contributed by atoms with E-state index in [1.54, 1.807) is 0 Å². The first kappa shape index (κ1) is 10.5. The number of ether oxygens (including phenoxy) is 1. The molecule has 0 aromatic rings. The lowest BCUT2D eigenvalue weighted by molar-refractivity contribution is -0.152. The summed E-state index contributed by atoms with van der Waals surface area (Å²) in [7, 11) is 0. The van der Waals surface area contributed by atoms with Gasteiger partial charge in [-0.2, -0.15) is 0 Å². The molecule has 0 amide bonds. The van der Waals surface area contributed by atoms with E-state index < -0.39 is 5.97 Å². The van der Waals surface area contributed by atoms with E-state index in [-0.39, 0.29) is 17.9 Å². The molecule has 1 N–H and O–H groups in total. The van der Waals surface area contributed by atoms with Gasteiger partial charge in [-0.1, -0.05) is 13.8 Å². The zero-order valence-corrected chi connectivity index (χ0v) is 8.32. The molecule has 0 aromatic heterocycles. The van der Waals surface area contributed by atoms with Gasteiger partial charge in [-0.05, 0) is 25.2 Å². The maximum atomic E-state index is 11.0. The van der Waals surface area contributed by atoms with Gasteiger partial charge in [0, 0.05) is 6.61 Å². The van der Waals surface area contributed by atoms with Crippen molar-refractivity contribution >= 4 is 5.97 Å². The van der Waals surface area contributed by atoms with E-state index >= 15 is 0 Å². The predicted molar refractivity (Wildman–Crippen MR) is 49.6 cm³/mol. The first-order valence-electron chi connectivity index (χ1n) is 4.97. The van der Waals surface area contributed by atoms with Crippen molar-refractivity contribution in [2.45, 2.75) is 39.2 Å². The molecule has 1 heterocycles. The third-order valence-corrected chi connectivity index (χ3v) is 2.62. The summed E-state index contributed by atoms with van der Waals surface area (Å²) in [5.74, 6) is -0.900. The molecule has 0 radical (unpaired) electrons. The van der Waals surface area contributed by atoms with Gasteiger partial charge in [0.25, 0.3) is 0 Å². The lowest BCUT2D eigenvalue weighted by atomic mass is 9.87. The van der Waals surface area contributed by atoms with Crippen LogP contribution in [0.4, 0.5) is 0 Å². The summed E-state index contributed by atoms with van der Waals surface area (Å²) >= 11 is 0. The minimum absolute atomic E-state index is 0.0637. The molecule has 0 aromatic carbocycles. The van der Waals surface area contributed by atoms with Crippen molar-refractivity contribution in [2.75, 3.05) is 6.61 Å². The van der Waals surface area contributed by atoms with Crippen LogP contribution in [-0.4, -0.2) is 23.8 Å². The predicted octanol–water partition coefficient (Wildman–Crippen LogP) is 1.91. The minimum atomic E-state index is -0.720. The van der Waals surface area contributed by atoms with Crippen molar-refractivity contribution in [1.29, 1.82) is 0 Å². The molecule has 0 spiro atoms. The van der Waals surface area contributed by atoms with Crippen LogP contribution in [0.2, 0.25) is 0 Å². The van der Waals surface area contributed by atoms with Crippen LogP contribution in [0.3, 0.4) is 0 Å². The number of hydrogen-bond donors (Lipinski definition) is 1. The molecule has 13 heavy (non-hydrogen) atoms. The molecule has 1 aliphatic rings. The molecule has 3 nitrogen and oxygen atoms in total. The van der Waals surface area contributed by atoms with Gasteiger partial charge in [-0.3, -0.25) is 4.79 Å². The average Bonchev–Trinajstić information content (AvgIpc) is 2.04. The molecule has 0 saturated carbocycles. The van der Waals surface area contributed by atoms with Gasteiger partial charge in [0.15, 0.2) is 0 Å². The minimum Gasteiger partial charge on any atom is -0.481 e. The summed E-state index contributed by atoms with van der Waals surface area (Å²) in [5, 5.41) is 9.02. The van der Waals surface area contributed by atoms with Crippen LogP contribution in [0, 0.1) is 11.8 Å². The Morgan fingerprint density at radius 3 is 2.54 bits per heavy atom. The third-order valence-electron chi connectivity index (χ3n) is 2.62. The Labute approximate surface area is 79.1 Å². The molecule has 1 aliphatic heterocycles. The molecule has 1 fully saturated rings. The van der Waals surface area contributed by atoms with Crippen LogP contribution < -0.4 is 0 Å². The van der Waals surface area contributed by atoms with Gasteiger partial charge in [-0.25, -0.2) is 0 Å². The van der Waals surface area contributed by atoms with Crippen molar-refractivity contribution in [1.82, 2.24) is 0 Å². The number of rotatable bonds is 3. The van der Waals surface area contributed by atoms with E-state index in [0.29, 0.717) is 0 Å². The van der Waals surface area contributed by atoms with E-state index in [9.17, 15) is 4.79 Å². The van der Waals surface area contributed by atoms with Crippen LogP contribution >= 0.6 is 0 Å². The largest absolute Gasteiger partial charge is 0.481 e. The van der Waals surface area contributed by atoms with Crippen molar-refractivity contribution in [2.24, 2.45) is 11.8 Å². The van der Waals surface area contributed by atoms with Gasteiger partial charge in [0.05, 0.1) is 12.0 Å². The lowest BCUT2D eigenvalue weighted by Gasteiger charge is -2.30. The van der Waals surface area contributed by atoms with Crippen LogP contribution in [0.1, 0.15) is 33.1 Å². The molecular weight excluding hydrogens is 168 g/mol. The van der Waals surface area contributed by atoms with E-state index in [0.717, 1.165) is 25.9 Å². The lowest BCUT2D eigenvalue weighted by Crippen LogP contribution is -2.36. The molecule has 1 saturated heterocycles. The van der Waals surface area contributed by atoms with Gasteiger partial charge in [0.2, 0.25) is 0 Å². The molecule has 2 unspecified atom stereocenters. The number of aliphatic carboxylic acids is 1. The van der Waals surface area contributed by atoms with Crippen LogP contribution in [0.15, 0.2) is 0 Å². The summed E-state index contributed by atoms with van der Waals surface area (Å²) in [4.78, 5) is 11.0. The Balaban J connectivity index is 2.57. The molecule has 3 heteroatoms. The number of carbonyl (C=O) groups is 1. The standard InChI is InChI=1S/C10H18O3/c1-7(2)9(10(11)12)8-5-3-4-6-13-8/h7-9H,3-6H2,1-2H3,(H,11,12). The average molecular weight is 186 g/mol. The van der Waals surface area contributed by atoms with E-state index in [4.69, 9.17) is 9.84 Å². The molecular formula is C10H18O3. The normalized spacial score (nSPS) is 25.9. The van der Waals surface area contributed by atoms with Gasteiger partial charge < -0.3 is 9.84 Å². The highest BCUT2D eigenvalue weighted by molar-refractivity contribution is 5.71. The van der Waals surface area contributed by atoms with Crippen LogP contribution in [-0.2, 0) is 9.53 Å². The smallest absolute Gasteiger partial charge is 0.309 e. The van der Waals surface area contributed by atoms with Crippen LogP contribution in [0.5, 0.6) is 0 Å². The van der Waals surface area contributed by atoms with E-state index in [1.807, 2.05) is 13.8 Å². The summed E-state index contributed by atoms with van der Waals surface area (Å²) in [6.45, 7) is 4.61. The summed E-state index contributed by atoms with van der Waals surface area (Å²) in [6.07, 6.45) is 3.00. The highest BCUT2D eigenvalue weighted by atomic mass is 16.5. The molecule has 0 bridgehead atoms. The second-order valence-corrected chi connectivity index (χ2v) is 4.01. The maximum absolute atomic E-state index is 11.0. The second kappa shape index (κ2) is 4.61. The first-order chi connectivity index (χ1) is 6.13. The highest BCUT2D eigenvalue weighted by Crippen LogP contribution is 2.25. The Bertz CT molecular complexity index is 171. The highest BCUT2D eigenvalue weighted by Gasteiger charge is 2.32. The number of carboxylic acid groups (broad SMARTS) is 1. The quantitative estimate of drug-likeness (QED) is 0.732. The molecule has 1 rings (SSSR count). The Morgan fingerprint density at radius 1 is 1.46 bits per heavy atom. The fourth-order valence-electron chi connectivity index (χ4n) is 1.92. The van der Waals surface area contributed by atoms with Crippen molar-refractivity contribution in [3.05, 3.63) is 0 Å². The topological polar surface area (TPSA) is 46.5 Å². The fourth-order valence-corrected chi connectivity index (χ4v) is 1.92. The maximum Gasteiger partial charge on any atom is 0.309 e. The third kappa shape index (κ3) is 2.69. The van der Waals surface area contributed by atoms with Crippen LogP contribution in [0.25, 0.3) is 0 Å². The van der Waals surface area contributed by atoms with Crippen molar-refractivity contribution < 1.29 is 14.6 Å². The SMILES string of the molecule is CC(C)C(C(=O)O)C1CCCCO1. The monoisotopic (exact) mass is 186 g/mol. The molecule has 0 aliphatic carbocycles. The molecule has 2 atom stereocenters. The van der Waals surface area contributed by atoms with E-state index in [2.05, 4.69) is 0 Å². The fraction of sp³-hybridized carbons (Fsp3) is 0.900. The summed E-state index contributed by atoms with van der Waals surface area (Å²) < 4.78 is 5.48. The second-order valence-electron chi connectivity index (χ2n) is 4.01. The molecule has 76 valence electrons. The Hall–Kier alpha value is -0.570. The first-order valence-corrected chi connectivity index (χ1v) is 4.97. The Morgan fingerprint density at radius 2 is 2.15 bits per heavy atom. The van der Waals surface area contributed by atoms with E-state index in [1.165, 1.54) is 0 Å². The van der Waals surface area contributed by atoms with Crippen molar-refractivity contribution in [3.63, 3.8) is 0 Å². The van der Waals surface area contributed by atoms with Gasteiger partial charge in [-0.15, -0.1) is 0 Å². The summed E-state index contributed by atoms with van der Waals surface area (Å²) in [6, 6.07) is 0. The summed E-state index contributed by atoms with van der Waals surface area (Å²) in [5.41, 5.74) is 0. The van der Waals surface area contributed by atoms with Gasteiger partial charge >= 0.3 is 5.97 Å². The zero-order chi connectivity index (χ0) is 9.84.